The molecule has 0 unspecified atom stereocenters. The Bertz CT molecular complexity index is 334. The standard InChI is InChI=1S/C9H10N4/c10-5-7-1-4-9(12-6-7)13(11)8-2-3-8/h1,4,6,8H,2-3,11H2. The Hall–Kier alpha value is -1.60. The van der Waals surface area contributed by atoms with E-state index in [2.05, 4.69) is 4.98 Å². The first-order valence-corrected chi connectivity index (χ1v) is 4.21. The van der Waals surface area contributed by atoms with Gasteiger partial charge in [0.25, 0.3) is 0 Å². The maximum absolute atomic E-state index is 8.55. The van der Waals surface area contributed by atoms with Gasteiger partial charge in [0.1, 0.15) is 11.9 Å². The van der Waals surface area contributed by atoms with E-state index in [0.29, 0.717) is 11.6 Å². The molecule has 1 saturated carbocycles. The van der Waals surface area contributed by atoms with Gasteiger partial charge in [-0.2, -0.15) is 5.26 Å². The summed E-state index contributed by atoms with van der Waals surface area (Å²) in [7, 11) is 0. The van der Waals surface area contributed by atoms with Gasteiger partial charge in [-0.1, -0.05) is 0 Å². The molecule has 1 aliphatic rings. The highest BCUT2D eigenvalue weighted by Crippen LogP contribution is 2.27. The average molecular weight is 174 g/mol. The zero-order chi connectivity index (χ0) is 9.26. The summed E-state index contributed by atoms with van der Waals surface area (Å²) in [5.74, 6) is 6.52. The van der Waals surface area contributed by atoms with E-state index in [-0.39, 0.29) is 0 Å². The number of anilines is 1. The SMILES string of the molecule is N#Cc1ccc(N(N)C2CC2)nc1. The maximum Gasteiger partial charge on any atom is 0.142 e. The van der Waals surface area contributed by atoms with Gasteiger partial charge in [0.2, 0.25) is 0 Å². The topological polar surface area (TPSA) is 65.9 Å². The van der Waals surface area contributed by atoms with Crippen LogP contribution in [0.2, 0.25) is 0 Å². The van der Waals surface area contributed by atoms with Crippen molar-refractivity contribution < 1.29 is 0 Å². The van der Waals surface area contributed by atoms with E-state index in [1.54, 1.807) is 17.1 Å². The molecular weight excluding hydrogens is 164 g/mol. The Morgan fingerprint density at radius 1 is 1.54 bits per heavy atom. The molecule has 0 spiro atoms. The minimum Gasteiger partial charge on any atom is -0.292 e. The quantitative estimate of drug-likeness (QED) is 0.532. The van der Waals surface area contributed by atoms with Crippen LogP contribution >= 0.6 is 0 Å². The molecule has 1 aromatic heterocycles. The van der Waals surface area contributed by atoms with Crippen molar-refractivity contribution in [1.29, 1.82) is 5.26 Å². The first-order valence-electron chi connectivity index (χ1n) is 4.21. The molecule has 66 valence electrons. The van der Waals surface area contributed by atoms with Crippen molar-refractivity contribution in [3.05, 3.63) is 23.9 Å². The second-order valence-corrected chi connectivity index (χ2v) is 3.16. The van der Waals surface area contributed by atoms with Crippen LogP contribution < -0.4 is 10.9 Å². The van der Waals surface area contributed by atoms with Crippen molar-refractivity contribution in [1.82, 2.24) is 4.98 Å². The predicted molar refractivity (Wildman–Crippen MR) is 48.6 cm³/mol. The van der Waals surface area contributed by atoms with Crippen LogP contribution in [0.15, 0.2) is 18.3 Å². The van der Waals surface area contributed by atoms with Gasteiger partial charge in [0.05, 0.1) is 5.56 Å². The molecular formula is C9H10N4. The van der Waals surface area contributed by atoms with E-state index >= 15 is 0 Å². The van der Waals surface area contributed by atoms with E-state index in [1.807, 2.05) is 6.07 Å². The Morgan fingerprint density at radius 2 is 2.31 bits per heavy atom. The van der Waals surface area contributed by atoms with Crippen LogP contribution in [-0.2, 0) is 0 Å². The number of hydrogen-bond donors (Lipinski definition) is 1. The third-order valence-corrected chi connectivity index (χ3v) is 2.08. The molecule has 0 atom stereocenters. The Labute approximate surface area is 76.6 Å². The molecule has 0 amide bonds. The minimum absolute atomic E-state index is 0.445. The molecule has 1 aliphatic carbocycles. The van der Waals surface area contributed by atoms with Crippen LogP contribution in [0, 0.1) is 11.3 Å². The smallest absolute Gasteiger partial charge is 0.142 e. The lowest BCUT2D eigenvalue weighted by Gasteiger charge is -2.15. The molecule has 13 heavy (non-hydrogen) atoms. The summed E-state index contributed by atoms with van der Waals surface area (Å²) in [4.78, 5) is 4.09. The third-order valence-electron chi connectivity index (χ3n) is 2.08. The van der Waals surface area contributed by atoms with E-state index in [1.165, 1.54) is 6.20 Å². The zero-order valence-electron chi connectivity index (χ0n) is 7.14. The highest BCUT2D eigenvalue weighted by molar-refractivity contribution is 5.42. The largest absolute Gasteiger partial charge is 0.292 e. The number of hydrogen-bond acceptors (Lipinski definition) is 4. The van der Waals surface area contributed by atoms with E-state index < -0.39 is 0 Å². The lowest BCUT2D eigenvalue weighted by atomic mass is 10.3. The molecule has 1 heterocycles. The Morgan fingerprint density at radius 3 is 2.77 bits per heavy atom. The first-order chi connectivity index (χ1) is 6.31. The van der Waals surface area contributed by atoms with Gasteiger partial charge in [0, 0.05) is 12.2 Å². The number of hydrazine groups is 1. The Kier molecular flexibility index (Phi) is 1.87. The summed E-state index contributed by atoms with van der Waals surface area (Å²) in [6.45, 7) is 0. The summed E-state index contributed by atoms with van der Waals surface area (Å²) >= 11 is 0. The van der Waals surface area contributed by atoms with Crippen LogP contribution in [0.4, 0.5) is 5.82 Å². The van der Waals surface area contributed by atoms with Gasteiger partial charge < -0.3 is 0 Å². The van der Waals surface area contributed by atoms with Crippen LogP contribution in [0.1, 0.15) is 18.4 Å². The minimum atomic E-state index is 0.445. The summed E-state index contributed by atoms with van der Waals surface area (Å²) in [5, 5.41) is 10.2. The molecule has 0 aromatic carbocycles. The molecule has 0 saturated heterocycles. The van der Waals surface area contributed by atoms with Gasteiger partial charge in [-0.15, -0.1) is 0 Å². The molecule has 2 rings (SSSR count). The fourth-order valence-corrected chi connectivity index (χ4v) is 1.14. The molecule has 1 aromatic rings. The molecule has 0 bridgehead atoms. The van der Waals surface area contributed by atoms with Crippen molar-refractivity contribution >= 4 is 5.82 Å². The number of nitrogens with zero attached hydrogens (tertiary/aromatic N) is 3. The zero-order valence-corrected chi connectivity index (χ0v) is 7.14. The van der Waals surface area contributed by atoms with Gasteiger partial charge in [0.15, 0.2) is 0 Å². The second-order valence-electron chi connectivity index (χ2n) is 3.16. The summed E-state index contributed by atoms with van der Waals surface area (Å²) < 4.78 is 0. The number of nitriles is 1. The van der Waals surface area contributed by atoms with Crippen LogP contribution in [0.25, 0.3) is 0 Å². The molecule has 2 N–H and O–H groups in total. The van der Waals surface area contributed by atoms with E-state index in [4.69, 9.17) is 11.1 Å². The predicted octanol–water partition coefficient (Wildman–Crippen LogP) is 0.796. The van der Waals surface area contributed by atoms with Crippen LogP contribution in [-0.4, -0.2) is 11.0 Å². The highest BCUT2D eigenvalue weighted by atomic mass is 15.5. The van der Waals surface area contributed by atoms with Crippen molar-refractivity contribution in [2.45, 2.75) is 18.9 Å². The van der Waals surface area contributed by atoms with E-state index in [9.17, 15) is 0 Å². The summed E-state index contributed by atoms with van der Waals surface area (Å²) in [6, 6.07) is 5.96. The lowest BCUT2D eigenvalue weighted by molar-refractivity contribution is 0.826. The van der Waals surface area contributed by atoms with Crippen molar-refractivity contribution in [3.8, 4) is 6.07 Å². The van der Waals surface area contributed by atoms with Gasteiger partial charge in [-0.25, -0.2) is 10.8 Å². The Balaban J connectivity index is 2.17. The maximum atomic E-state index is 8.55. The summed E-state index contributed by atoms with van der Waals surface area (Å²) in [5.41, 5.74) is 0.563. The molecule has 4 heteroatoms. The average Bonchev–Trinajstić information content (AvgIpc) is 3.00. The number of aromatic nitrogens is 1. The van der Waals surface area contributed by atoms with Crippen LogP contribution in [0.3, 0.4) is 0 Å². The first kappa shape index (κ1) is 8.02. The van der Waals surface area contributed by atoms with Crippen molar-refractivity contribution in [3.63, 3.8) is 0 Å². The van der Waals surface area contributed by atoms with Gasteiger partial charge in [-0.3, -0.25) is 5.01 Å². The van der Waals surface area contributed by atoms with Gasteiger partial charge >= 0.3 is 0 Å². The van der Waals surface area contributed by atoms with Crippen molar-refractivity contribution in [2.75, 3.05) is 5.01 Å². The monoisotopic (exact) mass is 174 g/mol. The number of rotatable bonds is 2. The normalized spacial score (nSPS) is 15.1. The lowest BCUT2D eigenvalue weighted by Crippen LogP contribution is -2.33. The summed E-state index contributed by atoms with van der Waals surface area (Å²) in [6.07, 6.45) is 3.81. The number of nitrogens with two attached hydrogens (primary N) is 1. The molecule has 4 nitrogen and oxygen atoms in total. The molecule has 1 fully saturated rings. The fraction of sp³-hybridized carbons (Fsp3) is 0.333. The van der Waals surface area contributed by atoms with Crippen molar-refractivity contribution in [2.24, 2.45) is 5.84 Å². The van der Waals surface area contributed by atoms with Crippen LogP contribution in [0.5, 0.6) is 0 Å². The molecule has 0 aliphatic heterocycles. The molecule has 0 radical (unpaired) electrons. The fourth-order valence-electron chi connectivity index (χ4n) is 1.14. The van der Waals surface area contributed by atoms with Gasteiger partial charge in [-0.05, 0) is 25.0 Å². The highest BCUT2D eigenvalue weighted by Gasteiger charge is 2.27. The number of pyridine rings is 1. The third kappa shape index (κ3) is 1.60. The van der Waals surface area contributed by atoms with E-state index in [0.717, 1.165) is 18.7 Å². The second kappa shape index (κ2) is 3.04.